The second-order valence-electron chi connectivity index (χ2n) is 4.56. The molecule has 0 heterocycles. The first-order valence-corrected chi connectivity index (χ1v) is 6.66. The molecular formula is C19H17B. The predicted octanol–water partition coefficient (Wildman–Crippen LogP) is 4.29. The van der Waals surface area contributed by atoms with Crippen LogP contribution in [0.5, 0.6) is 0 Å². The van der Waals surface area contributed by atoms with Crippen molar-refractivity contribution in [3.05, 3.63) is 85.0 Å². The van der Waals surface area contributed by atoms with Crippen LogP contribution in [0.25, 0.3) is 16.7 Å². The molecule has 2 aromatic carbocycles. The standard InChI is InChI=1S/C19H17B/c1-3-5-15(6-4-2)16-7-9-17(10-8-16)18-11-13-19(20)14-12-18/h3-14H,1H2,2H3/b6-4-,15-5+. The summed E-state index contributed by atoms with van der Waals surface area (Å²) in [4.78, 5) is 0. The van der Waals surface area contributed by atoms with Gasteiger partial charge in [-0.25, -0.2) is 0 Å². The van der Waals surface area contributed by atoms with Crippen LogP contribution >= 0.6 is 0 Å². The van der Waals surface area contributed by atoms with Crippen LogP contribution in [0.3, 0.4) is 0 Å². The first-order valence-electron chi connectivity index (χ1n) is 6.66. The molecule has 0 spiro atoms. The predicted molar refractivity (Wildman–Crippen MR) is 90.3 cm³/mol. The molecule has 20 heavy (non-hydrogen) atoms. The Morgan fingerprint density at radius 1 is 0.950 bits per heavy atom. The Morgan fingerprint density at radius 2 is 1.50 bits per heavy atom. The van der Waals surface area contributed by atoms with Gasteiger partial charge in [-0.3, -0.25) is 0 Å². The Hall–Kier alpha value is -2.28. The molecule has 0 bridgehead atoms. The van der Waals surface area contributed by atoms with Gasteiger partial charge in [-0.15, -0.1) is 0 Å². The average molecular weight is 256 g/mol. The van der Waals surface area contributed by atoms with E-state index in [0.717, 1.165) is 11.0 Å². The van der Waals surface area contributed by atoms with Gasteiger partial charge in [0.05, 0.1) is 0 Å². The summed E-state index contributed by atoms with van der Waals surface area (Å²) in [6, 6.07) is 16.4. The monoisotopic (exact) mass is 256 g/mol. The van der Waals surface area contributed by atoms with Crippen LogP contribution < -0.4 is 5.46 Å². The fourth-order valence-corrected chi connectivity index (χ4v) is 2.09. The summed E-state index contributed by atoms with van der Waals surface area (Å²) < 4.78 is 0. The fourth-order valence-electron chi connectivity index (χ4n) is 2.09. The van der Waals surface area contributed by atoms with Gasteiger partial charge in [-0.05, 0) is 29.2 Å². The molecule has 0 atom stereocenters. The Labute approximate surface area is 122 Å². The van der Waals surface area contributed by atoms with Gasteiger partial charge in [-0.2, -0.15) is 0 Å². The van der Waals surface area contributed by atoms with E-state index >= 15 is 0 Å². The van der Waals surface area contributed by atoms with Gasteiger partial charge in [0.15, 0.2) is 0 Å². The second kappa shape index (κ2) is 6.77. The molecule has 2 radical (unpaired) electrons. The van der Waals surface area contributed by atoms with E-state index < -0.39 is 0 Å². The molecule has 1 heteroatoms. The van der Waals surface area contributed by atoms with Gasteiger partial charge in [0.2, 0.25) is 0 Å². The zero-order valence-corrected chi connectivity index (χ0v) is 11.7. The Balaban J connectivity index is 2.32. The van der Waals surface area contributed by atoms with Gasteiger partial charge in [-0.1, -0.05) is 84.9 Å². The lowest BCUT2D eigenvalue weighted by Gasteiger charge is -2.06. The zero-order chi connectivity index (χ0) is 14.4. The second-order valence-corrected chi connectivity index (χ2v) is 4.56. The van der Waals surface area contributed by atoms with E-state index in [2.05, 4.69) is 36.9 Å². The maximum Gasteiger partial charge on any atom is 0.113 e. The molecule has 0 aliphatic heterocycles. The van der Waals surface area contributed by atoms with Gasteiger partial charge in [0.25, 0.3) is 0 Å². The molecular weight excluding hydrogens is 239 g/mol. The lowest BCUT2D eigenvalue weighted by atomic mass is 9.93. The minimum Gasteiger partial charge on any atom is -0.0990 e. The van der Waals surface area contributed by atoms with Crippen LogP contribution in [0, 0.1) is 0 Å². The number of allylic oxidation sites excluding steroid dienone is 5. The zero-order valence-electron chi connectivity index (χ0n) is 11.7. The highest BCUT2D eigenvalue weighted by atomic mass is 14.0. The van der Waals surface area contributed by atoms with Crippen molar-refractivity contribution in [1.82, 2.24) is 0 Å². The summed E-state index contributed by atoms with van der Waals surface area (Å²) in [5.74, 6) is 0. The van der Waals surface area contributed by atoms with Crippen LogP contribution in [-0.2, 0) is 0 Å². The summed E-state index contributed by atoms with van der Waals surface area (Å²) in [6.07, 6.45) is 7.94. The summed E-state index contributed by atoms with van der Waals surface area (Å²) in [6.45, 7) is 5.77. The normalized spacial score (nSPS) is 11.8. The van der Waals surface area contributed by atoms with Crippen molar-refractivity contribution in [3.8, 4) is 11.1 Å². The fraction of sp³-hybridized carbons (Fsp3) is 0.0526. The number of hydrogen-bond acceptors (Lipinski definition) is 0. The van der Waals surface area contributed by atoms with E-state index in [1.165, 1.54) is 16.7 Å². The smallest absolute Gasteiger partial charge is 0.0990 e. The summed E-state index contributed by atoms with van der Waals surface area (Å²) in [7, 11) is 5.71. The Bertz CT molecular complexity index is 628. The van der Waals surface area contributed by atoms with Crippen molar-refractivity contribution in [2.45, 2.75) is 6.92 Å². The van der Waals surface area contributed by atoms with Crippen LogP contribution in [0.2, 0.25) is 0 Å². The van der Waals surface area contributed by atoms with Gasteiger partial charge in [0, 0.05) is 0 Å². The highest BCUT2D eigenvalue weighted by Crippen LogP contribution is 2.22. The van der Waals surface area contributed by atoms with E-state index in [-0.39, 0.29) is 0 Å². The lowest BCUT2D eigenvalue weighted by molar-refractivity contribution is 1.58. The third kappa shape index (κ3) is 3.39. The van der Waals surface area contributed by atoms with E-state index in [4.69, 9.17) is 7.85 Å². The van der Waals surface area contributed by atoms with E-state index in [1.54, 1.807) is 0 Å². The molecule has 0 aromatic heterocycles. The minimum absolute atomic E-state index is 0.787. The van der Waals surface area contributed by atoms with E-state index in [1.807, 2.05) is 49.4 Å². The van der Waals surface area contributed by atoms with Gasteiger partial charge < -0.3 is 0 Å². The van der Waals surface area contributed by atoms with Crippen molar-refractivity contribution >= 4 is 18.9 Å². The largest absolute Gasteiger partial charge is 0.113 e. The molecule has 0 nitrogen and oxygen atoms in total. The summed E-state index contributed by atoms with van der Waals surface area (Å²) in [5.41, 5.74) is 5.49. The molecule has 0 amide bonds. The molecule has 0 N–H and O–H groups in total. The molecule has 96 valence electrons. The van der Waals surface area contributed by atoms with Crippen molar-refractivity contribution < 1.29 is 0 Å². The van der Waals surface area contributed by atoms with Crippen molar-refractivity contribution in [3.63, 3.8) is 0 Å². The van der Waals surface area contributed by atoms with Crippen molar-refractivity contribution in [2.75, 3.05) is 0 Å². The maximum atomic E-state index is 5.71. The summed E-state index contributed by atoms with van der Waals surface area (Å²) >= 11 is 0. The molecule has 0 aliphatic carbocycles. The summed E-state index contributed by atoms with van der Waals surface area (Å²) in [5, 5.41) is 0. The molecule has 2 aromatic rings. The van der Waals surface area contributed by atoms with Crippen LogP contribution in [-0.4, -0.2) is 7.85 Å². The molecule has 0 unspecified atom stereocenters. The van der Waals surface area contributed by atoms with Crippen molar-refractivity contribution in [1.29, 1.82) is 0 Å². The quantitative estimate of drug-likeness (QED) is 0.565. The third-order valence-electron chi connectivity index (χ3n) is 3.11. The Kier molecular flexibility index (Phi) is 4.78. The highest BCUT2D eigenvalue weighted by molar-refractivity contribution is 6.32. The third-order valence-corrected chi connectivity index (χ3v) is 3.11. The molecule has 0 fully saturated rings. The highest BCUT2D eigenvalue weighted by Gasteiger charge is 2.00. The number of hydrogen-bond donors (Lipinski definition) is 0. The van der Waals surface area contributed by atoms with E-state index in [9.17, 15) is 0 Å². The lowest BCUT2D eigenvalue weighted by Crippen LogP contribution is -1.99. The van der Waals surface area contributed by atoms with Gasteiger partial charge in [0.1, 0.15) is 7.85 Å². The van der Waals surface area contributed by atoms with Crippen molar-refractivity contribution in [2.24, 2.45) is 0 Å². The maximum absolute atomic E-state index is 5.71. The average Bonchev–Trinajstić information content (AvgIpc) is 2.48. The van der Waals surface area contributed by atoms with Crippen LogP contribution in [0.4, 0.5) is 0 Å². The minimum atomic E-state index is 0.787. The van der Waals surface area contributed by atoms with Gasteiger partial charge >= 0.3 is 0 Å². The first-order chi connectivity index (χ1) is 9.74. The topological polar surface area (TPSA) is 0 Å². The molecule has 0 saturated heterocycles. The van der Waals surface area contributed by atoms with Crippen LogP contribution in [0.15, 0.2) is 79.4 Å². The molecule has 0 aliphatic rings. The Morgan fingerprint density at radius 3 is 2.00 bits per heavy atom. The van der Waals surface area contributed by atoms with E-state index in [0.29, 0.717) is 0 Å². The first kappa shape index (κ1) is 14.1. The SMILES string of the molecule is [B]c1ccc(-c2ccc(C(/C=C\C)=C/C=C)cc2)cc1. The molecule has 2 rings (SSSR count). The molecule has 0 saturated carbocycles. The van der Waals surface area contributed by atoms with Crippen LogP contribution in [0.1, 0.15) is 12.5 Å². The number of rotatable bonds is 4. The number of benzene rings is 2.